The highest BCUT2D eigenvalue weighted by Gasteiger charge is 2.13. The molecule has 0 saturated heterocycles. The lowest BCUT2D eigenvalue weighted by Crippen LogP contribution is -2.06. The summed E-state index contributed by atoms with van der Waals surface area (Å²) in [5, 5.41) is 17.6. The summed E-state index contributed by atoms with van der Waals surface area (Å²) in [5.41, 5.74) is 1.14. The normalized spacial score (nSPS) is 10.7. The molecule has 0 fully saturated rings. The summed E-state index contributed by atoms with van der Waals surface area (Å²) < 4.78 is 2.98. The van der Waals surface area contributed by atoms with E-state index in [2.05, 4.69) is 26.1 Å². The Morgan fingerprint density at radius 3 is 2.90 bits per heavy atom. The molecule has 0 bridgehead atoms. The fourth-order valence-electron chi connectivity index (χ4n) is 1.83. The zero-order chi connectivity index (χ0) is 14.5. The molecule has 1 aromatic carbocycles. The van der Waals surface area contributed by atoms with E-state index in [1.165, 1.54) is 11.8 Å². The number of rotatable bonds is 6. The van der Waals surface area contributed by atoms with Gasteiger partial charge < -0.3 is 9.67 Å². The second-order valence-corrected chi connectivity index (χ2v) is 5.99. The number of nitrogens with zero attached hydrogens (tertiary/aromatic N) is 3. The lowest BCUT2D eigenvalue weighted by Gasteiger charge is -2.06. The lowest BCUT2D eigenvalue weighted by molar-refractivity contribution is -0.133. The Morgan fingerprint density at radius 2 is 2.25 bits per heavy atom. The summed E-state index contributed by atoms with van der Waals surface area (Å²) in [6, 6.07) is 8.02. The number of carboxylic acids is 1. The molecule has 0 atom stereocenters. The van der Waals surface area contributed by atoms with E-state index in [0.717, 1.165) is 22.4 Å². The first-order valence-corrected chi connectivity index (χ1v) is 7.89. The maximum absolute atomic E-state index is 10.6. The maximum atomic E-state index is 10.6. The van der Waals surface area contributed by atoms with Crippen LogP contribution in [-0.4, -0.2) is 31.6 Å². The fraction of sp³-hybridized carbons (Fsp3) is 0.308. The van der Waals surface area contributed by atoms with Crippen molar-refractivity contribution in [3.8, 4) is 0 Å². The van der Waals surface area contributed by atoms with Gasteiger partial charge in [-0.3, -0.25) is 4.79 Å². The van der Waals surface area contributed by atoms with Crippen LogP contribution >= 0.6 is 27.7 Å². The molecule has 20 heavy (non-hydrogen) atoms. The SMILES string of the molecule is CCn1c(Cc2cccc(Br)c2)nnc1SCC(=O)O. The third-order valence-electron chi connectivity index (χ3n) is 2.69. The number of hydrogen-bond acceptors (Lipinski definition) is 4. The predicted molar refractivity (Wildman–Crippen MR) is 81.0 cm³/mol. The Labute approximate surface area is 129 Å². The third kappa shape index (κ3) is 3.83. The molecule has 0 aliphatic carbocycles. The van der Waals surface area contributed by atoms with Crippen LogP contribution < -0.4 is 0 Å². The summed E-state index contributed by atoms with van der Waals surface area (Å²) in [5.74, 6) is -0.0117. The van der Waals surface area contributed by atoms with Gasteiger partial charge in [0, 0.05) is 17.4 Å². The molecule has 0 saturated carbocycles. The van der Waals surface area contributed by atoms with E-state index < -0.39 is 5.97 Å². The predicted octanol–water partition coefficient (Wildman–Crippen LogP) is 2.83. The maximum Gasteiger partial charge on any atom is 0.313 e. The molecule has 106 valence electrons. The van der Waals surface area contributed by atoms with Crippen molar-refractivity contribution in [1.82, 2.24) is 14.8 Å². The molecular weight excluding hydrogens is 342 g/mol. The molecule has 0 spiro atoms. The Balaban J connectivity index is 2.17. The number of thioether (sulfide) groups is 1. The highest BCUT2D eigenvalue weighted by atomic mass is 79.9. The number of carbonyl (C=O) groups is 1. The van der Waals surface area contributed by atoms with Gasteiger partial charge in [-0.25, -0.2) is 0 Å². The summed E-state index contributed by atoms with van der Waals surface area (Å²) in [6.45, 7) is 2.72. The van der Waals surface area contributed by atoms with Crippen LogP contribution in [0.5, 0.6) is 0 Å². The van der Waals surface area contributed by atoms with Crippen molar-refractivity contribution >= 4 is 33.7 Å². The molecule has 2 rings (SSSR count). The Kier molecular flexibility index (Phi) is 5.19. The van der Waals surface area contributed by atoms with Gasteiger partial charge in [0.15, 0.2) is 5.16 Å². The van der Waals surface area contributed by atoms with Crippen molar-refractivity contribution in [2.24, 2.45) is 0 Å². The number of halogens is 1. The van der Waals surface area contributed by atoms with Gasteiger partial charge in [0.05, 0.1) is 5.75 Å². The van der Waals surface area contributed by atoms with Gasteiger partial charge >= 0.3 is 5.97 Å². The average molecular weight is 356 g/mol. The van der Waals surface area contributed by atoms with Crippen molar-refractivity contribution in [2.75, 3.05) is 5.75 Å². The monoisotopic (exact) mass is 355 g/mol. The molecule has 0 unspecified atom stereocenters. The first-order chi connectivity index (χ1) is 9.60. The summed E-state index contributed by atoms with van der Waals surface area (Å²) in [7, 11) is 0. The summed E-state index contributed by atoms with van der Waals surface area (Å²) >= 11 is 4.64. The van der Waals surface area contributed by atoms with E-state index >= 15 is 0 Å². The van der Waals surface area contributed by atoms with E-state index in [4.69, 9.17) is 5.11 Å². The largest absolute Gasteiger partial charge is 0.481 e. The Bertz CT molecular complexity index is 615. The minimum atomic E-state index is -0.853. The summed E-state index contributed by atoms with van der Waals surface area (Å²) in [6.07, 6.45) is 0.675. The zero-order valence-electron chi connectivity index (χ0n) is 10.9. The van der Waals surface area contributed by atoms with E-state index in [1.54, 1.807) is 0 Å². The van der Waals surface area contributed by atoms with Crippen LogP contribution in [0.1, 0.15) is 18.3 Å². The minimum absolute atomic E-state index is 0.00494. The highest BCUT2D eigenvalue weighted by Crippen LogP contribution is 2.19. The standard InChI is InChI=1S/C13H14BrN3O2S/c1-2-17-11(7-9-4-3-5-10(14)6-9)15-16-13(17)20-8-12(18)19/h3-6H,2,7-8H2,1H3,(H,18,19). The minimum Gasteiger partial charge on any atom is -0.481 e. The van der Waals surface area contributed by atoms with Gasteiger partial charge in [-0.2, -0.15) is 0 Å². The van der Waals surface area contributed by atoms with Gasteiger partial charge in [0.25, 0.3) is 0 Å². The topological polar surface area (TPSA) is 68.0 Å². The smallest absolute Gasteiger partial charge is 0.313 e. The van der Waals surface area contributed by atoms with Crippen LogP contribution in [0.3, 0.4) is 0 Å². The van der Waals surface area contributed by atoms with Gasteiger partial charge in [-0.1, -0.05) is 39.8 Å². The summed E-state index contributed by atoms with van der Waals surface area (Å²) in [4.78, 5) is 10.6. The lowest BCUT2D eigenvalue weighted by atomic mass is 10.1. The number of carboxylic acid groups (broad SMARTS) is 1. The van der Waals surface area contributed by atoms with E-state index in [0.29, 0.717) is 11.6 Å². The Morgan fingerprint density at radius 1 is 1.45 bits per heavy atom. The van der Waals surface area contributed by atoms with Crippen LogP contribution in [0.25, 0.3) is 0 Å². The van der Waals surface area contributed by atoms with Crippen molar-refractivity contribution < 1.29 is 9.90 Å². The van der Waals surface area contributed by atoms with Crippen molar-refractivity contribution in [3.05, 3.63) is 40.1 Å². The van der Waals surface area contributed by atoms with Crippen LogP contribution in [0.4, 0.5) is 0 Å². The molecule has 1 heterocycles. The number of benzene rings is 1. The van der Waals surface area contributed by atoms with Crippen molar-refractivity contribution in [1.29, 1.82) is 0 Å². The van der Waals surface area contributed by atoms with Crippen molar-refractivity contribution in [3.63, 3.8) is 0 Å². The molecule has 0 amide bonds. The van der Waals surface area contributed by atoms with Crippen LogP contribution in [-0.2, 0) is 17.8 Å². The third-order valence-corrected chi connectivity index (χ3v) is 4.13. The van der Waals surface area contributed by atoms with E-state index in [1.807, 2.05) is 35.8 Å². The van der Waals surface area contributed by atoms with Gasteiger partial charge in [0.1, 0.15) is 5.82 Å². The number of aromatic nitrogens is 3. The quantitative estimate of drug-likeness (QED) is 0.807. The Hall–Kier alpha value is -1.34. The molecule has 0 radical (unpaired) electrons. The van der Waals surface area contributed by atoms with Gasteiger partial charge in [0.2, 0.25) is 0 Å². The van der Waals surface area contributed by atoms with E-state index in [-0.39, 0.29) is 5.75 Å². The van der Waals surface area contributed by atoms with Crippen LogP contribution in [0, 0.1) is 0 Å². The molecule has 1 aromatic heterocycles. The molecule has 0 aliphatic heterocycles. The molecular formula is C13H14BrN3O2S. The molecule has 7 heteroatoms. The first kappa shape index (κ1) is 15.1. The van der Waals surface area contributed by atoms with Gasteiger partial charge in [-0.05, 0) is 24.6 Å². The van der Waals surface area contributed by atoms with Gasteiger partial charge in [-0.15, -0.1) is 10.2 Å². The first-order valence-electron chi connectivity index (χ1n) is 6.11. The van der Waals surface area contributed by atoms with Crippen LogP contribution in [0.15, 0.2) is 33.9 Å². The molecule has 2 aromatic rings. The fourth-order valence-corrected chi connectivity index (χ4v) is 3.02. The number of hydrogen-bond donors (Lipinski definition) is 1. The molecule has 5 nitrogen and oxygen atoms in total. The van der Waals surface area contributed by atoms with E-state index in [9.17, 15) is 4.79 Å². The number of aliphatic carboxylic acids is 1. The highest BCUT2D eigenvalue weighted by molar-refractivity contribution is 9.10. The molecule has 1 N–H and O–H groups in total. The second-order valence-electron chi connectivity index (χ2n) is 4.13. The molecule has 0 aliphatic rings. The van der Waals surface area contributed by atoms with Crippen LogP contribution in [0.2, 0.25) is 0 Å². The average Bonchev–Trinajstić information content (AvgIpc) is 2.78. The van der Waals surface area contributed by atoms with Crippen molar-refractivity contribution in [2.45, 2.75) is 25.0 Å². The zero-order valence-corrected chi connectivity index (χ0v) is 13.3. The second kappa shape index (κ2) is 6.90.